The van der Waals surface area contributed by atoms with Gasteiger partial charge in [0.15, 0.2) is 6.04 Å². The fraction of sp³-hybridized carbons (Fsp3) is 0.667. The van der Waals surface area contributed by atoms with Gasteiger partial charge in [0.1, 0.15) is 0 Å². The van der Waals surface area contributed by atoms with Gasteiger partial charge < -0.3 is 23.2 Å². The van der Waals surface area contributed by atoms with Crippen LogP contribution in [0.15, 0.2) is 0 Å². The zero-order valence-corrected chi connectivity index (χ0v) is 5.61. The Bertz CT molecular complexity index is 77.7. The van der Waals surface area contributed by atoms with Crippen molar-refractivity contribution in [2.24, 2.45) is 0 Å². The highest BCUT2D eigenvalue weighted by Gasteiger charge is 2.11. The average molecular weight is 160 g/mol. The summed E-state index contributed by atoms with van der Waals surface area (Å²) in [6, 6.07) is -0.665. The molecule has 0 aliphatic heterocycles. The number of halogens is 2. The molecule has 0 aliphatic rings. The van der Waals surface area contributed by atoms with E-state index in [2.05, 4.69) is 5.73 Å². The minimum absolute atomic E-state index is 0. The molecule has 0 saturated heterocycles. The third-order valence-corrected chi connectivity index (χ3v) is 0.908. The first kappa shape index (κ1) is 10.9. The Labute approximate surface area is 58.2 Å². The zero-order chi connectivity index (χ0) is 5.86. The summed E-state index contributed by atoms with van der Waals surface area (Å²) in [6.45, 7) is 0. The SMILES string of the molecule is [Cl-].[NH3+][C@@H](CCl)C(=O)O. The maximum absolute atomic E-state index is 9.78. The van der Waals surface area contributed by atoms with E-state index in [4.69, 9.17) is 16.7 Å². The first-order chi connectivity index (χ1) is 3.18. The van der Waals surface area contributed by atoms with Crippen molar-refractivity contribution in [2.75, 3.05) is 5.88 Å². The molecule has 0 heterocycles. The molecule has 0 fully saturated rings. The first-order valence-corrected chi connectivity index (χ1v) is 2.33. The van der Waals surface area contributed by atoms with Gasteiger partial charge in [-0.25, -0.2) is 4.79 Å². The van der Waals surface area contributed by atoms with Crippen LogP contribution in [-0.4, -0.2) is 23.0 Å². The number of rotatable bonds is 2. The van der Waals surface area contributed by atoms with Crippen LogP contribution in [0.25, 0.3) is 0 Å². The van der Waals surface area contributed by atoms with E-state index in [-0.39, 0.29) is 18.3 Å². The van der Waals surface area contributed by atoms with Crippen LogP contribution in [0.2, 0.25) is 0 Å². The van der Waals surface area contributed by atoms with Gasteiger partial charge in [0.2, 0.25) is 0 Å². The van der Waals surface area contributed by atoms with Crippen molar-refractivity contribution in [2.45, 2.75) is 6.04 Å². The van der Waals surface area contributed by atoms with Gasteiger partial charge in [0.25, 0.3) is 0 Å². The van der Waals surface area contributed by atoms with Gasteiger partial charge in [-0.3, -0.25) is 0 Å². The van der Waals surface area contributed by atoms with Crippen molar-refractivity contribution in [3.05, 3.63) is 0 Å². The Morgan fingerprint density at radius 3 is 2.25 bits per heavy atom. The summed E-state index contributed by atoms with van der Waals surface area (Å²) in [6.07, 6.45) is 0. The lowest BCUT2D eigenvalue weighted by atomic mass is 10.4. The molecule has 0 aliphatic carbocycles. The van der Waals surface area contributed by atoms with E-state index < -0.39 is 12.0 Å². The molecule has 5 heteroatoms. The van der Waals surface area contributed by atoms with Crippen molar-refractivity contribution in [1.82, 2.24) is 0 Å². The summed E-state index contributed by atoms with van der Waals surface area (Å²) in [5, 5.41) is 8.04. The van der Waals surface area contributed by atoms with Crippen LogP contribution in [0.5, 0.6) is 0 Å². The molecule has 0 aromatic heterocycles. The Kier molecular flexibility index (Phi) is 7.02. The summed E-state index contributed by atoms with van der Waals surface area (Å²) < 4.78 is 0. The number of alkyl halides is 1. The molecule has 0 rings (SSSR count). The number of quaternary nitrogens is 1. The standard InChI is InChI=1S/C3H6ClNO2.ClH/c4-1-2(5)3(6)7;/h2H,1,5H2,(H,6,7);1H/t2-;/m0./s1. The average Bonchev–Trinajstić information content (AvgIpc) is 1.65. The Balaban J connectivity index is 0. The van der Waals surface area contributed by atoms with Crippen LogP contribution >= 0.6 is 11.6 Å². The highest BCUT2D eigenvalue weighted by molar-refractivity contribution is 6.19. The van der Waals surface area contributed by atoms with Gasteiger partial charge in [-0.1, -0.05) is 0 Å². The summed E-state index contributed by atoms with van der Waals surface area (Å²) in [5.74, 6) is -0.870. The molecule has 3 nitrogen and oxygen atoms in total. The lowest BCUT2D eigenvalue weighted by Gasteiger charge is -1.91. The second-order valence-electron chi connectivity index (χ2n) is 1.19. The number of carboxylic acids is 1. The molecule has 0 unspecified atom stereocenters. The number of aliphatic carboxylic acids is 1. The predicted molar refractivity (Wildman–Crippen MR) is 25.0 cm³/mol. The molecule has 0 radical (unpaired) electrons. The van der Waals surface area contributed by atoms with Crippen LogP contribution in [0.4, 0.5) is 0 Å². The van der Waals surface area contributed by atoms with Gasteiger partial charge in [-0.15, -0.1) is 11.6 Å². The van der Waals surface area contributed by atoms with Crippen molar-refractivity contribution >= 4 is 17.6 Å². The Morgan fingerprint density at radius 1 is 1.88 bits per heavy atom. The van der Waals surface area contributed by atoms with E-state index in [9.17, 15) is 4.79 Å². The molecule has 4 N–H and O–H groups in total. The summed E-state index contributed by atoms with van der Waals surface area (Å²) in [5.41, 5.74) is 3.22. The molecule has 0 aromatic rings. The summed E-state index contributed by atoms with van der Waals surface area (Å²) in [7, 11) is 0. The lowest BCUT2D eigenvalue weighted by Crippen LogP contribution is -3.00. The van der Waals surface area contributed by atoms with Crippen molar-refractivity contribution < 1.29 is 28.0 Å². The monoisotopic (exact) mass is 159 g/mol. The van der Waals surface area contributed by atoms with E-state index in [1.54, 1.807) is 0 Å². The number of hydrogen-bond donors (Lipinski definition) is 2. The molecule has 8 heavy (non-hydrogen) atoms. The van der Waals surface area contributed by atoms with Crippen LogP contribution in [-0.2, 0) is 4.79 Å². The Hall–Kier alpha value is 0.01000. The van der Waals surface area contributed by atoms with Crippen molar-refractivity contribution in [3.8, 4) is 0 Å². The summed E-state index contributed by atoms with van der Waals surface area (Å²) >= 11 is 5.10. The quantitative estimate of drug-likeness (QED) is 0.403. The van der Waals surface area contributed by atoms with Crippen molar-refractivity contribution in [3.63, 3.8) is 0 Å². The van der Waals surface area contributed by atoms with Gasteiger partial charge >= 0.3 is 5.97 Å². The van der Waals surface area contributed by atoms with Crippen LogP contribution in [0.1, 0.15) is 0 Å². The van der Waals surface area contributed by atoms with Gasteiger partial charge in [-0.2, -0.15) is 0 Å². The molecule has 50 valence electrons. The van der Waals surface area contributed by atoms with Gasteiger partial charge in [0, 0.05) is 0 Å². The fourth-order valence-electron chi connectivity index (χ4n) is 0.0660. The fourth-order valence-corrected chi connectivity index (χ4v) is 0.198. The minimum Gasteiger partial charge on any atom is -1.00 e. The number of carbonyl (C=O) groups is 1. The van der Waals surface area contributed by atoms with E-state index in [0.29, 0.717) is 0 Å². The maximum atomic E-state index is 9.78. The Morgan fingerprint density at radius 2 is 2.25 bits per heavy atom. The first-order valence-electron chi connectivity index (χ1n) is 1.80. The normalized spacial score (nSPS) is 11.8. The predicted octanol–water partition coefficient (Wildman–Crippen LogP) is -4.08. The van der Waals surface area contributed by atoms with Crippen molar-refractivity contribution in [1.29, 1.82) is 0 Å². The zero-order valence-electron chi connectivity index (χ0n) is 4.10. The van der Waals surface area contributed by atoms with Crippen LogP contribution in [0.3, 0.4) is 0 Å². The molecule has 0 spiro atoms. The topological polar surface area (TPSA) is 64.9 Å². The number of carboxylic acid groups (broad SMARTS) is 1. The highest BCUT2D eigenvalue weighted by atomic mass is 35.5. The lowest BCUT2D eigenvalue weighted by molar-refractivity contribution is -0.400. The highest BCUT2D eigenvalue weighted by Crippen LogP contribution is 1.78. The molecule has 0 bridgehead atoms. The van der Waals surface area contributed by atoms with Crippen LogP contribution < -0.4 is 18.1 Å². The second-order valence-corrected chi connectivity index (χ2v) is 1.50. The van der Waals surface area contributed by atoms with E-state index >= 15 is 0 Å². The largest absolute Gasteiger partial charge is 1.00 e. The van der Waals surface area contributed by atoms with E-state index in [0.717, 1.165) is 0 Å². The summed E-state index contributed by atoms with van der Waals surface area (Å²) in [4.78, 5) is 9.78. The third-order valence-electron chi connectivity index (χ3n) is 0.536. The second kappa shape index (κ2) is 5.15. The van der Waals surface area contributed by atoms with Gasteiger partial charge in [-0.05, 0) is 0 Å². The molecule has 0 amide bonds. The third kappa shape index (κ3) is 4.18. The minimum atomic E-state index is -0.949. The van der Waals surface area contributed by atoms with E-state index in [1.807, 2.05) is 0 Å². The van der Waals surface area contributed by atoms with Crippen LogP contribution in [0, 0.1) is 0 Å². The molecule has 0 saturated carbocycles. The molecule has 1 atom stereocenters. The van der Waals surface area contributed by atoms with E-state index in [1.165, 1.54) is 0 Å². The molecular weight excluding hydrogens is 153 g/mol. The molecular formula is C3H7Cl2NO2. The maximum Gasteiger partial charge on any atom is 0.363 e. The number of hydrogen-bond acceptors (Lipinski definition) is 1. The van der Waals surface area contributed by atoms with Gasteiger partial charge in [0.05, 0.1) is 5.88 Å². The smallest absolute Gasteiger partial charge is 0.363 e. The molecule has 0 aromatic carbocycles.